The largest absolute Gasteiger partial charge is 0.352 e. The number of piperazine rings is 1. The molecule has 0 spiro atoms. The Balaban J connectivity index is 1.33. The van der Waals surface area contributed by atoms with Gasteiger partial charge >= 0.3 is 0 Å². The van der Waals surface area contributed by atoms with Crippen LogP contribution < -0.4 is 5.32 Å². The summed E-state index contributed by atoms with van der Waals surface area (Å²) in [5.41, 5.74) is 2.57. The number of carbonyl (C=O) groups excluding carboxylic acids is 2. The van der Waals surface area contributed by atoms with Crippen molar-refractivity contribution < 1.29 is 9.59 Å². The molecule has 0 bridgehead atoms. The van der Waals surface area contributed by atoms with E-state index < -0.39 is 0 Å². The first kappa shape index (κ1) is 20.6. The number of benzene rings is 1. The van der Waals surface area contributed by atoms with Gasteiger partial charge in [-0.25, -0.2) is 4.68 Å². The molecule has 2 heterocycles. The second kappa shape index (κ2) is 9.00. The van der Waals surface area contributed by atoms with Crippen molar-refractivity contribution in [2.24, 2.45) is 5.92 Å². The first-order valence-electron chi connectivity index (χ1n) is 11.0. The molecule has 4 rings (SSSR count). The highest BCUT2D eigenvalue weighted by atomic mass is 16.2. The van der Waals surface area contributed by atoms with Gasteiger partial charge < -0.3 is 10.2 Å². The molecule has 7 heteroatoms. The molecule has 1 aliphatic heterocycles. The second-order valence-electron chi connectivity index (χ2n) is 8.61. The maximum atomic E-state index is 12.8. The first-order valence-corrected chi connectivity index (χ1v) is 11.0. The Kier molecular flexibility index (Phi) is 6.18. The van der Waals surface area contributed by atoms with Crippen molar-refractivity contribution in [3.8, 4) is 5.69 Å². The van der Waals surface area contributed by atoms with Gasteiger partial charge in [-0.1, -0.05) is 6.42 Å². The summed E-state index contributed by atoms with van der Waals surface area (Å²) in [5.74, 6) is 0.425. The molecule has 1 aliphatic carbocycles. The fraction of sp³-hybridized carbons (Fsp3) is 0.522. The number of rotatable bonds is 6. The van der Waals surface area contributed by atoms with E-state index in [1.54, 1.807) is 10.9 Å². The third-order valence-corrected chi connectivity index (χ3v) is 6.29. The molecule has 2 aliphatic rings. The topological polar surface area (TPSA) is 70.5 Å². The van der Waals surface area contributed by atoms with Crippen molar-refractivity contribution in [1.29, 1.82) is 0 Å². The van der Waals surface area contributed by atoms with E-state index in [0.29, 0.717) is 18.2 Å². The highest BCUT2D eigenvalue weighted by Crippen LogP contribution is 2.26. The van der Waals surface area contributed by atoms with Gasteiger partial charge in [0.2, 0.25) is 5.91 Å². The van der Waals surface area contributed by atoms with Crippen LogP contribution in [0.5, 0.6) is 0 Å². The quantitative estimate of drug-likeness (QED) is 0.796. The maximum Gasteiger partial charge on any atom is 0.253 e. The lowest BCUT2D eigenvalue weighted by molar-refractivity contribution is -0.127. The van der Waals surface area contributed by atoms with Gasteiger partial charge in [0.05, 0.1) is 11.9 Å². The molecule has 2 aromatic rings. The Bertz CT molecular complexity index is 877. The number of amides is 2. The van der Waals surface area contributed by atoms with Crippen LogP contribution in [0.3, 0.4) is 0 Å². The summed E-state index contributed by atoms with van der Waals surface area (Å²) < 4.78 is 1.78. The zero-order chi connectivity index (χ0) is 21.1. The summed E-state index contributed by atoms with van der Waals surface area (Å²) in [5, 5.41) is 7.39. The molecule has 0 atom stereocenters. The van der Waals surface area contributed by atoms with Crippen LogP contribution in [-0.4, -0.2) is 63.6 Å². The van der Waals surface area contributed by atoms with E-state index >= 15 is 0 Å². The number of aromatic nitrogens is 2. The Hall–Kier alpha value is -2.67. The zero-order valence-electron chi connectivity index (χ0n) is 17.9. The van der Waals surface area contributed by atoms with Crippen LogP contribution in [0.15, 0.2) is 36.7 Å². The van der Waals surface area contributed by atoms with Crippen LogP contribution in [0.1, 0.15) is 49.0 Å². The minimum atomic E-state index is 0.0878. The average molecular weight is 410 g/mol. The standard InChI is InChI=1S/C23H31N5O2/c1-17(2)26-10-12-27(13-11-26)23(30)20-6-8-21(9-7-20)28-16-18(15-25-28)14-24-22(29)19-4-3-5-19/h6-9,15-17,19H,3-5,10-14H2,1-2H3,(H,24,29). The summed E-state index contributed by atoms with van der Waals surface area (Å²) in [6.45, 7) is 8.28. The minimum absolute atomic E-state index is 0.0878. The molecule has 7 nitrogen and oxygen atoms in total. The van der Waals surface area contributed by atoms with Gasteiger partial charge in [-0.05, 0) is 51.0 Å². The molecule has 0 unspecified atom stereocenters. The molecule has 1 aromatic heterocycles. The third kappa shape index (κ3) is 4.56. The molecule has 1 aromatic carbocycles. The van der Waals surface area contributed by atoms with Crippen molar-refractivity contribution in [3.63, 3.8) is 0 Å². The van der Waals surface area contributed by atoms with Crippen LogP contribution in [0.25, 0.3) is 5.69 Å². The smallest absolute Gasteiger partial charge is 0.253 e. The van der Waals surface area contributed by atoms with Crippen molar-refractivity contribution >= 4 is 11.8 Å². The van der Waals surface area contributed by atoms with Crippen molar-refractivity contribution in [1.82, 2.24) is 24.9 Å². The van der Waals surface area contributed by atoms with E-state index in [9.17, 15) is 9.59 Å². The Morgan fingerprint density at radius 1 is 1.10 bits per heavy atom. The SMILES string of the molecule is CC(C)N1CCN(C(=O)c2ccc(-n3cc(CNC(=O)C4CCC4)cn3)cc2)CC1. The summed E-state index contributed by atoms with van der Waals surface area (Å²) in [4.78, 5) is 29.1. The molecule has 160 valence electrons. The maximum absolute atomic E-state index is 12.8. The van der Waals surface area contributed by atoms with Crippen LogP contribution in [0, 0.1) is 5.92 Å². The summed E-state index contributed by atoms with van der Waals surface area (Å²) in [7, 11) is 0. The molecular weight excluding hydrogens is 378 g/mol. The lowest BCUT2D eigenvalue weighted by Crippen LogP contribution is -2.50. The number of hydrogen-bond donors (Lipinski definition) is 1. The lowest BCUT2D eigenvalue weighted by Gasteiger charge is -2.37. The van der Waals surface area contributed by atoms with E-state index in [4.69, 9.17) is 0 Å². The van der Waals surface area contributed by atoms with Crippen LogP contribution in [0.2, 0.25) is 0 Å². The van der Waals surface area contributed by atoms with E-state index in [1.807, 2.05) is 35.4 Å². The average Bonchev–Trinajstić information content (AvgIpc) is 3.20. The molecular formula is C23H31N5O2. The predicted octanol–water partition coefficient (Wildman–Crippen LogP) is 2.45. The highest BCUT2D eigenvalue weighted by Gasteiger charge is 2.25. The van der Waals surface area contributed by atoms with Crippen molar-refractivity contribution in [2.45, 2.75) is 45.7 Å². The van der Waals surface area contributed by atoms with Crippen molar-refractivity contribution in [3.05, 3.63) is 47.8 Å². The fourth-order valence-electron chi connectivity index (χ4n) is 3.98. The van der Waals surface area contributed by atoms with Crippen molar-refractivity contribution in [2.75, 3.05) is 26.2 Å². The minimum Gasteiger partial charge on any atom is -0.352 e. The van der Waals surface area contributed by atoms with Gasteiger partial charge in [0.15, 0.2) is 0 Å². The molecule has 0 radical (unpaired) electrons. The molecule has 1 saturated heterocycles. The normalized spacial score (nSPS) is 17.8. The van der Waals surface area contributed by atoms with E-state index in [0.717, 1.165) is 56.7 Å². The first-order chi connectivity index (χ1) is 14.5. The third-order valence-electron chi connectivity index (χ3n) is 6.29. The monoisotopic (exact) mass is 409 g/mol. The van der Waals surface area contributed by atoms with Crippen LogP contribution >= 0.6 is 0 Å². The molecule has 30 heavy (non-hydrogen) atoms. The number of carbonyl (C=O) groups is 2. The van der Waals surface area contributed by atoms with E-state index in [2.05, 4.69) is 29.2 Å². The Morgan fingerprint density at radius 3 is 2.40 bits per heavy atom. The summed E-state index contributed by atoms with van der Waals surface area (Å²) in [6.07, 6.45) is 6.85. The molecule has 1 saturated carbocycles. The second-order valence-corrected chi connectivity index (χ2v) is 8.61. The van der Waals surface area contributed by atoms with E-state index in [1.165, 1.54) is 0 Å². The Labute approximate surface area is 178 Å². The van der Waals surface area contributed by atoms with Gasteiger partial charge in [0.1, 0.15) is 0 Å². The summed E-state index contributed by atoms with van der Waals surface area (Å²) in [6, 6.07) is 8.09. The summed E-state index contributed by atoms with van der Waals surface area (Å²) >= 11 is 0. The van der Waals surface area contributed by atoms with Crippen LogP contribution in [-0.2, 0) is 11.3 Å². The molecule has 2 amide bonds. The number of hydrogen-bond acceptors (Lipinski definition) is 4. The lowest BCUT2D eigenvalue weighted by atomic mass is 9.85. The van der Waals surface area contributed by atoms with Gasteiger partial charge in [-0.15, -0.1) is 0 Å². The molecule has 2 fully saturated rings. The molecule has 1 N–H and O–H groups in total. The van der Waals surface area contributed by atoms with Gasteiger partial charge in [0, 0.05) is 62.0 Å². The predicted molar refractivity (Wildman–Crippen MR) is 115 cm³/mol. The Morgan fingerprint density at radius 2 is 1.80 bits per heavy atom. The fourth-order valence-corrected chi connectivity index (χ4v) is 3.98. The van der Waals surface area contributed by atoms with Gasteiger partial charge in [0.25, 0.3) is 5.91 Å². The van der Waals surface area contributed by atoms with Gasteiger partial charge in [-0.3, -0.25) is 14.5 Å². The highest BCUT2D eigenvalue weighted by molar-refractivity contribution is 5.94. The zero-order valence-corrected chi connectivity index (χ0v) is 17.9. The number of nitrogens with one attached hydrogen (secondary N) is 1. The van der Waals surface area contributed by atoms with Crippen LogP contribution in [0.4, 0.5) is 0 Å². The van der Waals surface area contributed by atoms with E-state index in [-0.39, 0.29) is 17.7 Å². The number of nitrogens with zero attached hydrogens (tertiary/aromatic N) is 4. The van der Waals surface area contributed by atoms with Gasteiger partial charge in [-0.2, -0.15) is 5.10 Å².